The second-order valence-electron chi connectivity index (χ2n) is 11.1. The highest BCUT2D eigenvalue weighted by Gasteiger charge is 2.36. The van der Waals surface area contributed by atoms with Crippen molar-refractivity contribution in [1.82, 2.24) is 4.90 Å². The van der Waals surface area contributed by atoms with Crippen molar-refractivity contribution in [1.29, 1.82) is 5.26 Å². The second kappa shape index (κ2) is 11.5. The number of hydrogen-bond acceptors (Lipinski definition) is 5. The van der Waals surface area contributed by atoms with E-state index in [1.807, 2.05) is 17.9 Å². The van der Waals surface area contributed by atoms with E-state index < -0.39 is 17.3 Å². The summed E-state index contributed by atoms with van der Waals surface area (Å²) in [5.41, 5.74) is 0.531. The van der Waals surface area contributed by atoms with Gasteiger partial charge in [-0.05, 0) is 81.8 Å². The van der Waals surface area contributed by atoms with Gasteiger partial charge in [-0.2, -0.15) is 18.4 Å². The molecule has 2 aliphatic heterocycles. The molecule has 2 aromatic rings. The molecular weight excluding hydrogens is 491 g/mol. The minimum atomic E-state index is -4.59. The third-order valence-electron chi connectivity index (χ3n) is 8.29. The van der Waals surface area contributed by atoms with Crippen LogP contribution < -0.4 is 9.64 Å². The lowest BCUT2D eigenvalue weighted by atomic mass is 9.88. The van der Waals surface area contributed by atoms with E-state index in [2.05, 4.69) is 30.9 Å². The van der Waals surface area contributed by atoms with E-state index in [0.29, 0.717) is 56.7 Å². The fourth-order valence-corrected chi connectivity index (χ4v) is 5.81. The van der Waals surface area contributed by atoms with Crippen LogP contribution in [0.5, 0.6) is 5.75 Å². The van der Waals surface area contributed by atoms with Gasteiger partial charge in [-0.1, -0.05) is 18.6 Å². The minimum Gasteiger partial charge on any atom is -0.493 e. The molecule has 206 valence electrons. The van der Waals surface area contributed by atoms with E-state index in [4.69, 9.17) is 10.00 Å². The van der Waals surface area contributed by atoms with Crippen molar-refractivity contribution in [3.05, 3.63) is 58.7 Å². The topological polar surface area (TPSA) is 59.7 Å². The molecule has 0 aromatic heterocycles. The number of anilines is 1. The van der Waals surface area contributed by atoms with Gasteiger partial charge in [-0.15, -0.1) is 0 Å². The van der Waals surface area contributed by atoms with Crippen molar-refractivity contribution >= 4 is 5.69 Å². The Morgan fingerprint density at radius 1 is 1.08 bits per heavy atom. The summed E-state index contributed by atoms with van der Waals surface area (Å²) in [6.45, 7) is 8.82. The average Bonchev–Trinajstić information content (AvgIpc) is 2.87. The quantitative estimate of drug-likeness (QED) is 0.447. The Labute approximate surface area is 223 Å². The van der Waals surface area contributed by atoms with Gasteiger partial charge in [0.05, 0.1) is 29.4 Å². The zero-order valence-electron chi connectivity index (χ0n) is 22.5. The van der Waals surface area contributed by atoms with Crippen molar-refractivity contribution < 1.29 is 23.0 Å². The number of nitrogens with zero attached hydrogens (tertiary/aromatic N) is 3. The van der Waals surface area contributed by atoms with E-state index in [-0.39, 0.29) is 5.56 Å². The van der Waals surface area contributed by atoms with Gasteiger partial charge in [0, 0.05) is 43.8 Å². The molecular formula is C30H38F3N3O2. The van der Waals surface area contributed by atoms with Crippen molar-refractivity contribution in [3.63, 3.8) is 0 Å². The highest BCUT2D eigenvalue weighted by molar-refractivity contribution is 5.55. The summed E-state index contributed by atoms with van der Waals surface area (Å²) in [5.74, 6) is 0.812. The highest BCUT2D eigenvalue weighted by Crippen LogP contribution is 2.36. The highest BCUT2D eigenvalue weighted by atomic mass is 19.4. The standard InChI is InChI=1S/C30H38F3N3O2/c1-21-17-24(20-36-22(2)5-4-6-23(36)3)7-10-28(21)38-16-13-29(37)11-14-35(15-12-29)26-9-8-25(19-34)27(18-26)30(31,32)33/h7-10,17-18,22-23,37H,4-6,11-16,20H2,1-3H3/t22-,23-/m0/s1. The number of nitriles is 1. The van der Waals surface area contributed by atoms with E-state index in [9.17, 15) is 18.3 Å². The summed E-state index contributed by atoms with van der Waals surface area (Å²) in [4.78, 5) is 4.40. The number of likely N-dealkylation sites (tertiary alicyclic amines) is 1. The molecule has 1 N–H and O–H groups in total. The van der Waals surface area contributed by atoms with Gasteiger partial charge >= 0.3 is 6.18 Å². The number of piperidine rings is 2. The molecule has 5 nitrogen and oxygen atoms in total. The Morgan fingerprint density at radius 2 is 1.76 bits per heavy atom. The summed E-state index contributed by atoms with van der Waals surface area (Å²) in [7, 11) is 0. The zero-order chi connectivity index (χ0) is 27.5. The van der Waals surface area contributed by atoms with Crippen LogP contribution in [0.15, 0.2) is 36.4 Å². The zero-order valence-corrected chi connectivity index (χ0v) is 22.5. The summed E-state index contributed by atoms with van der Waals surface area (Å²) in [6.07, 6.45) is 0.509. The second-order valence-corrected chi connectivity index (χ2v) is 11.1. The molecule has 2 heterocycles. The van der Waals surface area contributed by atoms with Crippen LogP contribution >= 0.6 is 0 Å². The first-order chi connectivity index (χ1) is 18.0. The lowest BCUT2D eigenvalue weighted by Gasteiger charge is -2.39. The van der Waals surface area contributed by atoms with Crippen LogP contribution in [-0.4, -0.2) is 47.4 Å². The molecule has 0 unspecified atom stereocenters. The summed E-state index contributed by atoms with van der Waals surface area (Å²) < 4.78 is 46.1. The van der Waals surface area contributed by atoms with Crippen molar-refractivity contribution in [3.8, 4) is 11.8 Å². The fraction of sp³-hybridized carbons (Fsp3) is 0.567. The van der Waals surface area contributed by atoms with Crippen molar-refractivity contribution in [2.45, 2.75) is 89.7 Å². The van der Waals surface area contributed by atoms with E-state index in [1.165, 1.54) is 30.9 Å². The van der Waals surface area contributed by atoms with Crippen LogP contribution in [0.3, 0.4) is 0 Å². The van der Waals surface area contributed by atoms with Crippen molar-refractivity contribution in [2.75, 3.05) is 24.6 Å². The number of alkyl halides is 3. The molecule has 2 atom stereocenters. The van der Waals surface area contributed by atoms with Crippen molar-refractivity contribution in [2.24, 2.45) is 0 Å². The lowest BCUT2D eigenvalue weighted by molar-refractivity contribution is -0.137. The Balaban J connectivity index is 1.29. The van der Waals surface area contributed by atoms with Gasteiger partial charge in [-0.3, -0.25) is 4.90 Å². The average molecular weight is 530 g/mol. The molecule has 0 aliphatic carbocycles. The van der Waals surface area contributed by atoms with E-state index >= 15 is 0 Å². The third-order valence-corrected chi connectivity index (χ3v) is 8.29. The first-order valence-corrected chi connectivity index (χ1v) is 13.6. The Hall–Kier alpha value is -2.76. The van der Waals surface area contributed by atoms with Crippen LogP contribution in [0.25, 0.3) is 0 Å². The predicted octanol–water partition coefficient (Wildman–Crippen LogP) is 6.45. The van der Waals surface area contributed by atoms with Gasteiger partial charge < -0.3 is 14.7 Å². The van der Waals surface area contributed by atoms with Crippen LogP contribution in [-0.2, 0) is 12.7 Å². The number of benzene rings is 2. The van der Waals surface area contributed by atoms with Gasteiger partial charge in [0.2, 0.25) is 0 Å². The SMILES string of the molecule is Cc1cc(CN2[C@@H](C)CCC[C@@H]2C)ccc1OCCC1(O)CCN(c2ccc(C#N)c(C(F)(F)F)c2)CC1. The fourth-order valence-electron chi connectivity index (χ4n) is 5.81. The third kappa shape index (κ3) is 6.62. The molecule has 2 aliphatic rings. The van der Waals surface area contributed by atoms with Gasteiger partial charge in [-0.25, -0.2) is 0 Å². The largest absolute Gasteiger partial charge is 0.493 e. The maximum absolute atomic E-state index is 13.3. The summed E-state index contributed by atoms with van der Waals surface area (Å²) in [5, 5.41) is 20.1. The molecule has 0 radical (unpaired) electrons. The predicted molar refractivity (Wildman–Crippen MR) is 142 cm³/mol. The number of aliphatic hydroxyl groups is 1. The number of ether oxygens (including phenoxy) is 1. The number of aryl methyl sites for hydroxylation is 1. The van der Waals surface area contributed by atoms with Gasteiger partial charge in [0.25, 0.3) is 0 Å². The molecule has 8 heteroatoms. The molecule has 38 heavy (non-hydrogen) atoms. The molecule has 2 saturated heterocycles. The number of hydrogen-bond donors (Lipinski definition) is 1. The number of halogens is 3. The maximum atomic E-state index is 13.3. The lowest BCUT2D eigenvalue weighted by Crippen LogP contribution is -2.45. The smallest absolute Gasteiger partial charge is 0.417 e. The molecule has 0 amide bonds. The molecule has 0 saturated carbocycles. The van der Waals surface area contributed by atoms with Crippen LogP contribution in [0, 0.1) is 18.3 Å². The van der Waals surface area contributed by atoms with E-state index in [1.54, 1.807) is 12.1 Å². The normalized spacial score (nSPS) is 22.2. The van der Waals surface area contributed by atoms with Crippen LogP contribution in [0.2, 0.25) is 0 Å². The van der Waals surface area contributed by atoms with Gasteiger partial charge in [0.1, 0.15) is 5.75 Å². The summed E-state index contributed by atoms with van der Waals surface area (Å²) >= 11 is 0. The molecule has 0 spiro atoms. The molecule has 2 fully saturated rings. The van der Waals surface area contributed by atoms with Gasteiger partial charge in [0.15, 0.2) is 0 Å². The Morgan fingerprint density at radius 3 is 2.37 bits per heavy atom. The number of rotatable bonds is 7. The molecule has 2 aromatic carbocycles. The summed E-state index contributed by atoms with van der Waals surface area (Å²) in [6, 6.07) is 12.9. The Kier molecular flexibility index (Phi) is 8.59. The molecule has 0 bridgehead atoms. The molecule has 4 rings (SSSR count). The monoisotopic (exact) mass is 529 g/mol. The first-order valence-electron chi connectivity index (χ1n) is 13.6. The maximum Gasteiger partial charge on any atom is 0.417 e. The van der Waals surface area contributed by atoms with Crippen LogP contribution in [0.1, 0.15) is 74.6 Å². The van der Waals surface area contributed by atoms with Crippen LogP contribution in [0.4, 0.5) is 18.9 Å². The minimum absolute atomic E-state index is 0.367. The van der Waals surface area contributed by atoms with E-state index in [0.717, 1.165) is 23.9 Å². The Bertz CT molecular complexity index is 1140. The first kappa shape index (κ1) is 28.3.